The molecule has 0 saturated heterocycles. The molecule has 3 N–H and O–H groups in total. The molecule has 0 bridgehead atoms. The van der Waals surface area contributed by atoms with Gasteiger partial charge in [-0.05, 0) is 31.2 Å². The number of carbonyl (C=O) groups is 1. The van der Waals surface area contributed by atoms with Gasteiger partial charge in [-0.25, -0.2) is 14.4 Å². The van der Waals surface area contributed by atoms with Gasteiger partial charge in [0.2, 0.25) is 5.91 Å². The Morgan fingerprint density at radius 1 is 1.35 bits per heavy atom. The van der Waals surface area contributed by atoms with Crippen molar-refractivity contribution in [2.75, 3.05) is 0 Å². The largest absolute Gasteiger partial charge is 0.366 e. The van der Waals surface area contributed by atoms with Crippen LogP contribution in [0.1, 0.15) is 27.4 Å². The molecule has 0 spiro atoms. The Morgan fingerprint density at radius 3 is 2.85 bits per heavy atom. The van der Waals surface area contributed by atoms with E-state index >= 15 is 0 Å². The molecule has 1 aromatic heterocycles. The Hall–Kier alpha value is -2.34. The highest BCUT2D eigenvalue weighted by atomic mass is 19.1. The van der Waals surface area contributed by atoms with E-state index in [1.54, 1.807) is 19.2 Å². The van der Waals surface area contributed by atoms with Gasteiger partial charge in [0.15, 0.2) is 0 Å². The molecule has 1 amide bonds. The van der Waals surface area contributed by atoms with E-state index in [-0.39, 0.29) is 12.4 Å². The molecule has 0 saturated carbocycles. The summed E-state index contributed by atoms with van der Waals surface area (Å²) in [4.78, 5) is 19.3. The number of hydrogen-bond donors (Lipinski definition) is 2. The third kappa shape index (κ3) is 3.58. The van der Waals surface area contributed by atoms with Crippen LogP contribution in [0.15, 0.2) is 30.5 Å². The first-order valence-electron chi connectivity index (χ1n) is 6.14. The fourth-order valence-corrected chi connectivity index (χ4v) is 1.79. The van der Waals surface area contributed by atoms with E-state index in [9.17, 15) is 9.18 Å². The standard InChI is InChI=1S/C14H15FN4O/c1-9-18-5-4-12(19-9)8-17-7-11-6-10(14(16)20)2-3-13(11)15/h2-6,17H,7-8H2,1H3,(H2,16,20). The lowest BCUT2D eigenvalue weighted by atomic mass is 10.1. The number of carbonyl (C=O) groups excluding carboxylic acids is 1. The van der Waals surface area contributed by atoms with Crippen LogP contribution in [0.25, 0.3) is 0 Å². The van der Waals surface area contributed by atoms with Gasteiger partial charge >= 0.3 is 0 Å². The first-order valence-corrected chi connectivity index (χ1v) is 6.14. The molecule has 0 aliphatic carbocycles. The third-order valence-electron chi connectivity index (χ3n) is 2.79. The predicted octanol–water partition coefficient (Wildman–Crippen LogP) is 1.31. The Bertz CT molecular complexity index is 630. The Labute approximate surface area is 116 Å². The molecular formula is C14H15FN4O. The number of benzene rings is 1. The molecule has 6 heteroatoms. The lowest BCUT2D eigenvalue weighted by Gasteiger charge is -2.07. The summed E-state index contributed by atoms with van der Waals surface area (Å²) in [6, 6.07) is 5.85. The van der Waals surface area contributed by atoms with E-state index in [1.165, 1.54) is 18.2 Å². The van der Waals surface area contributed by atoms with E-state index < -0.39 is 5.91 Å². The van der Waals surface area contributed by atoms with Crippen LogP contribution in [0.2, 0.25) is 0 Å². The lowest BCUT2D eigenvalue weighted by molar-refractivity contribution is 0.1000. The molecule has 0 unspecified atom stereocenters. The zero-order chi connectivity index (χ0) is 14.5. The number of aryl methyl sites for hydroxylation is 1. The van der Waals surface area contributed by atoms with Gasteiger partial charge in [0.05, 0.1) is 5.69 Å². The van der Waals surface area contributed by atoms with Gasteiger partial charge in [-0.2, -0.15) is 0 Å². The van der Waals surface area contributed by atoms with E-state index in [0.29, 0.717) is 23.5 Å². The van der Waals surface area contributed by atoms with Crippen molar-refractivity contribution in [1.82, 2.24) is 15.3 Å². The van der Waals surface area contributed by atoms with E-state index in [0.717, 1.165) is 5.69 Å². The number of nitrogens with two attached hydrogens (primary N) is 1. The number of amides is 1. The molecule has 0 aliphatic rings. The van der Waals surface area contributed by atoms with Gasteiger partial charge in [0.25, 0.3) is 0 Å². The molecule has 20 heavy (non-hydrogen) atoms. The Kier molecular flexibility index (Phi) is 4.37. The Balaban J connectivity index is 2.00. The highest BCUT2D eigenvalue weighted by Gasteiger charge is 2.07. The van der Waals surface area contributed by atoms with Crippen molar-refractivity contribution < 1.29 is 9.18 Å². The summed E-state index contributed by atoms with van der Waals surface area (Å²) in [5.41, 5.74) is 6.68. The second kappa shape index (κ2) is 6.21. The molecule has 0 fully saturated rings. The quantitative estimate of drug-likeness (QED) is 0.861. The van der Waals surface area contributed by atoms with Crippen molar-refractivity contribution in [3.05, 3.63) is 58.9 Å². The summed E-state index contributed by atoms with van der Waals surface area (Å²) in [7, 11) is 0. The number of nitrogens with zero attached hydrogens (tertiary/aromatic N) is 2. The van der Waals surface area contributed by atoms with Gasteiger partial charge in [-0.1, -0.05) is 0 Å². The smallest absolute Gasteiger partial charge is 0.248 e. The van der Waals surface area contributed by atoms with E-state index in [2.05, 4.69) is 15.3 Å². The van der Waals surface area contributed by atoms with Crippen LogP contribution in [-0.2, 0) is 13.1 Å². The van der Waals surface area contributed by atoms with Gasteiger partial charge in [0.1, 0.15) is 11.6 Å². The second-order valence-electron chi connectivity index (χ2n) is 4.37. The maximum Gasteiger partial charge on any atom is 0.248 e. The summed E-state index contributed by atoms with van der Waals surface area (Å²) in [6.07, 6.45) is 1.67. The SMILES string of the molecule is Cc1nccc(CNCc2cc(C(N)=O)ccc2F)n1. The van der Waals surface area contributed by atoms with Crippen LogP contribution in [-0.4, -0.2) is 15.9 Å². The normalized spacial score (nSPS) is 10.5. The summed E-state index contributed by atoms with van der Waals surface area (Å²) in [5, 5.41) is 3.07. The number of primary amides is 1. The average Bonchev–Trinajstić information content (AvgIpc) is 2.40. The average molecular weight is 274 g/mol. The minimum Gasteiger partial charge on any atom is -0.366 e. The molecule has 1 heterocycles. The molecule has 0 aliphatic heterocycles. The van der Waals surface area contributed by atoms with Crippen molar-refractivity contribution in [1.29, 1.82) is 0 Å². The van der Waals surface area contributed by atoms with Gasteiger partial charge in [0, 0.05) is 30.4 Å². The minimum atomic E-state index is -0.572. The summed E-state index contributed by atoms with van der Waals surface area (Å²) in [6.45, 7) is 2.58. The molecule has 5 nitrogen and oxygen atoms in total. The van der Waals surface area contributed by atoms with Crippen LogP contribution in [0.3, 0.4) is 0 Å². The van der Waals surface area contributed by atoms with Gasteiger partial charge < -0.3 is 11.1 Å². The summed E-state index contributed by atoms with van der Waals surface area (Å²) < 4.78 is 13.6. The fraction of sp³-hybridized carbons (Fsp3) is 0.214. The minimum absolute atomic E-state index is 0.288. The van der Waals surface area contributed by atoms with Crippen molar-refractivity contribution in [2.45, 2.75) is 20.0 Å². The molecule has 2 aromatic rings. The van der Waals surface area contributed by atoms with Gasteiger partial charge in [-0.15, -0.1) is 0 Å². The van der Waals surface area contributed by atoms with Crippen molar-refractivity contribution in [3.63, 3.8) is 0 Å². The first kappa shape index (κ1) is 14.1. The Morgan fingerprint density at radius 2 is 2.15 bits per heavy atom. The number of aromatic nitrogens is 2. The number of nitrogens with one attached hydrogen (secondary N) is 1. The highest BCUT2D eigenvalue weighted by Crippen LogP contribution is 2.10. The number of halogens is 1. The van der Waals surface area contributed by atoms with Crippen molar-refractivity contribution in [2.24, 2.45) is 5.73 Å². The van der Waals surface area contributed by atoms with Crippen LogP contribution in [0, 0.1) is 12.7 Å². The lowest BCUT2D eigenvalue weighted by Crippen LogP contribution is -2.17. The topological polar surface area (TPSA) is 80.9 Å². The van der Waals surface area contributed by atoms with E-state index in [4.69, 9.17) is 5.73 Å². The molecule has 1 aromatic carbocycles. The van der Waals surface area contributed by atoms with Crippen molar-refractivity contribution in [3.8, 4) is 0 Å². The summed E-state index contributed by atoms with van der Waals surface area (Å²) in [5.74, 6) is -0.259. The maximum absolute atomic E-state index is 13.6. The van der Waals surface area contributed by atoms with Crippen LogP contribution >= 0.6 is 0 Å². The second-order valence-corrected chi connectivity index (χ2v) is 4.37. The summed E-state index contributed by atoms with van der Waals surface area (Å²) >= 11 is 0. The van der Waals surface area contributed by atoms with Crippen LogP contribution in [0.5, 0.6) is 0 Å². The van der Waals surface area contributed by atoms with Crippen LogP contribution < -0.4 is 11.1 Å². The molecule has 0 radical (unpaired) electrons. The maximum atomic E-state index is 13.6. The zero-order valence-corrected chi connectivity index (χ0v) is 11.1. The number of hydrogen-bond acceptors (Lipinski definition) is 4. The fourth-order valence-electron chi connectivity index (χ4n) is 1.79. The predicted molar refractivity (Wildman–Crippen MR) is 72.2 cm³/mol. The molecule has 104 valence electrons. The van der Waals surface area contributed by atoms with E-state index in [1.807, 2.05) is 0 Å². The van der Waals surface area contributed by atoms with Crippen LogP contribution in [0.4, 0.5) is 4.39 Å². The molecular weight excluding hydrogens is 259 g/mol. The molecule has 2 rings (SSSR count). The first-order chi connectivity index (χ1) is 9.56. The molecule has 0 atom stereocenters. The van der Waals surface area contributed by atoms with Crippen molar-refractivity contribution >= 4 is 5.91 Å². The zero-order valence-electron chi connectivity index (χ0n) is 11.1. The highest BCUT2D eigenvalue weighted by molar-refractivity contribution is 5.92. The number of rotatable bonds is 5. The van der Waals surface area contributed by atoms with Gasteiger partial charge in [-0.3, -0.25) is 4.79 Å². The third-order valence-corrected chi connectivity index (χ3v) is 2.79. The monoisotopic (exact) mass is 274 g/mol.